The van der Waals surface area contributed by atoms with Gasteiger partial charge < -0.3 is 5.32 Å². The van der Waals surface area contributed by atoms with E-state index in [1.807, 2.05) is 30.3 Å². The molecule has 1 nitrogen and oxygen atoms in total. The molecule has 2 aromatic carbocycles. The quantitative estimate of drug-likeness (QED) is 0.760. The monoisotopic (exact) mass is 313 g/mol. The van der Waals surface area contributed by atoms with Crippen molar-refractivity contribution >= 4 is 34.8 Å². The Bertz CT molecular complexity index is 528. The van der Waals surface area contributed by atoms with E-state index in [0.29, 0.717) is 22.5 Å². The molecule has 19 heavy (non-hydrogen) atoms. The summed E-state index contributed by atoms with van der Waals surface area (Å²) in [5.41, 5.74) is 2.26. The van der Waals surface area contributed by atoms with Crippen LogP contribution in [0.3, 0.4) is 0 Å². The normalized spacial score (nSPS) is 12.4. The fourth-order valence-corrected chi connectivity index (χ4v) is 2.45. The molecule has 0 heterocycles. The van der Waals surface area contributed by atoms with E-state index >= 15 is 0 Å². The lowest BCUT2D eigenvalue weighted by atomic mass is 10.1. The predicted molar refractivity (Wildman–Crippen MR) is 83.2 cm³/mol. The molecular formula is C15H14Cl3N. The molecule has 0 fully saturated rings. The first-order valence-corrected chi connectivity index (χ1v) is 7.28. The third-order valence-corrected chi connectivity index (χ3v) is 3.94. The van der Waals surface area contributed by atoms with Crippen molar-refractivity contribution in [1.29, 1.82) is 0 Å². The Hall–Kier alpha value is -0.730. The molecule has 1 atom stereocenters. The maximum Gasteiger partial charge on any atom is 0.0595 e. The van der Waals surface area contributed by atoms with E-state index in [2.05, 4.69) is 17.4 Å². The van der Waals surface area contributed by atoms with Crippen molar-refractivity contribution in [1.82, 2.24) is 5.32 Å². The van der Waals surface area contributed by atoms with Gasteiger partial charge in [-0.2, -0.15) is 0 Å². The molecule has 0 amide bonds. The molecule has 4 heteroatoms. The van der Waals surface area contributed by atoms with E-state index in [1.54, 1.807) is 6.07 Å². The van der Waals surface area contributed by atoms with Gasteiger partial charge in [0.1, 0.15) is 0 Å². The highest BCUT2D eigenvalue weighted by atomic mass is 35.5. The highest BCUT2D eigenvalue weighted by molar-refractivity contribution is 6.42. The molecule has 0 spiro atoms. The van der Waals surface area contributed by atoms with Crippen LogP contribution in [0.4, 0.5) is 0 Å². The van der Waals surface area contributed by atoms with Crippen molar-refractivity contribution in [3.8, 4) is 0 Å². The highest BCUT2D eigenvalue weighted by Gasteiger charge is 2.09. The molecule has 1 unspecified atom stereocenters. The third-order valence-electron chi connectivity index (χ3n) is 2.89. The summed E-state index contributed by atoms with van der Waals surface area (Å²) in [4.78, 5) is 0. The standard InChI is InChI=1S/C15H14Cl3N/c16-9-15(12-4-2-1-3-5-12)19-10-11-6-7-13(17)14(18)8-11/h1-8,15,19H,9-10H2. The summed E-state index contributed by atoms with van der Waals surface area (Å²) < 4.78 is 0. The minimum absolute atomic E-state index is 0.123. The molecule has 1 N–H and O–H groups in total. The van der Waals surface area contributed by atoms with Crippen molar-refractivity contribution < 1.29 is 0 Å². The lowest BCUT2D eigenvalue weighted by molar-refractivity contribution is 0.579. The lowest BCUT2D eigenvalue weighted by Crippen LogP contribution is -2.22. The average molecular weight is 315 g/mol. The van der Waals surface area contributed by atoms with Crippen LogP contribution in [0.15, 0.2) is 48.5 Å². The molecule has 2 aromatic rings. The van der Waals surface area contributed by atoms with E-state index in [9.17, 15) is 0 Å². The second-order valence-corrected chi connectivity index (χ2v) is 5.37. The summed E-state index contributed by atoms with van der Waals surface area (Å²) in [5, 5.41) is 4.56. The van der Waals surface area contributed by atoms with Crippen LogP contribution < -0.4 is 5.32 Å². The Morgan fingerprint density at radius 2 is 1.68 bits per heavy atom. The molecule has 0 aliphatic carbocycles. The smallest absolute Gasteiger partial charge is 0.0595 e. The molecule has 0 bridgehead atoms. The van der Waals surface area contributed by atoms with Crippen molar-refractivity contribution in [2.45, 2.75) is 12.6 Å². The third kappa shape index (κ3) is 4.12. The number of hydrogen-bond donors (Lipinski definition) is 1. The average Bonchev–Trinajstić information content (AvgIpc) is 2.44. The van der Waals surface area contributed by atoms with Crippen molar-refractivity contribution in [2.24, 2.45) is 0 Å². The number of halogens is 3. The van der Waals surface area contributed by atoms with Crippen LogP contribution in [0.5, 0.6) is 0 Å². The first-order chi connectivity index (χ1) is 9.20. The Kier molecular flexibility index (Phi) is 5.53. The van der Waals surface area contributed by atoms with Crippen LogP contribution in [0.25, 0.3) is 0 Å². The van der Waals surface area contributed by atoms with Gasteiger partial charge in [0.25, 0.3) is 0 Å². The number of nitrogens with one attached hydrogen (secondary N) is 1. The zero-order chi connectivity index (χ0) is 13.7. The summed E-state index contributed by atoms with van der Waals surface area (Å²) in [6.07, 6.45) is 0. The topological polar surface area (TPSA) is 12.0 Å². The number of rotatable bonds is 5. The van der Waals surface area contributed by atoms with Gasteiger partial charge in [-0.1, -0.05) is 59.6 Å². The van der Waals surface area contributed by atoms with E-state index in [4.69, 9.17) is 34.8 Å². The van der Waals surface area contributed by atoms with Gasteiger partial charge >= 0.3 is 0 Å². The van der Waals surface area contributed by atoms with Gasteiger partial charge in [0.2, 0.25) is 0 Å². The maximum absolute atomic E-state index is 6.02. The van der Waals surface area contributed by atoms with Gasteiger partial charge in [0.15, 0.2) is 0 Å². The predicted octanol–water partition coefficient (Wildman–Crippen LogP) is 5.06. The Balaban J connectivity index is 2.02. The van der Waals surface area contributed by atoms with E-state index in [1.165, 1.54) is 5.56 Å². The minimum atomic E-state index is 0.123. The van der Waals surface area contributed by atoms with Gasteiger partial charge in [0, 0.05) is 18.5 Å². The summed E-state index contributed by atoms with van der Waals surface area (Å²) >= 11 is 17.9. The lowest BCUT2D eigenvalue weighted by Gasteiger charge is -2.16. The van der Waals surface area contributed by atoms with Crippen molar-refractivity contribution in [3.05, 3.63) is 69.7 Å². The molecule has 0 saturated carbocycles. The molecule has 0 aliphatic rings. The SMILES string of the molecule is ClCC(NCc1ccc(Cl)c(Cl)c1)c1ccccc1. The highest BCUT2D eigenvalue weighted by Crippen LogP contribution is 2.23. The molecule has 0 aromatic heterocycles. The number of alkyl halides is 1. The van der Waals surface area contributed by atoms with Crippen molar-refractivity contribution in [3.63, 3.8) is 0 Å². The second-order valence-electron chi connectivity index (χ2n) is 4.25. The van der Waals surface area contributed by atoms with E-state index in [-0.39, 0.29) is 6.04 Å². The van der Waals surface area contributed by atoms with Crippen LogP contribution >= 0.6 is 34.8 Å². The molecule has 0 radical (unpaired) electrons. The van der Waals surface area contributed by atoms with E-state index in [0.717, 1.165) is 5.56 Å². The van der Waals surface area contributed by atoms with Crippen LogP contribution in [0.2, 0.25) is 10.0 Å². The summed E-state index contributed by atoms with van der Waals surface area (Å²) in [7, 11) is 0. The molecule has 0 saturated heterocycles. The fourth-order valence-electron chi connectivity index (χ4n) is 1.84. The zero-order valence-corrected chi connectivity index (χ0v) is 12.5. The van der Waals surface area contributed by atoms with Crippen LogP contribution in [-0.4, -0.2) is 5.88 Å². The zero-order valence-electron chi connectivity index (χ0n) is 10.2. The second kappa shape index (κ2) is 7.16. The number of benzene rings is 2. The Labute approximate surface area is 128 Å². The summed E-state index contributed by atoms with van der Waals surface area (Å²) in [5.74, 6) is 0.519. The molecular weight excluding hydrogens is 301 g/mol. The van der Waals surface area contributed by atoms with Crippen LogP contribution in [-0.2, 0) is 6.54 Å². The van der Waals surface area contributed by atoms with Gasteiger partial charge in [-0.3, -0.25) is 0 Å². The molecule has 0 aliphatic heterocycles. The minimum Gasteiger partial charge on any atom is -0.305 e. The summed E-state index contributed by atoms with van der Waals surface area (Å²) in [6, 6.07) is 15.9. The molecule has 100 valence electrons. The van der Waals surface area contributed by atoms with Gasteiger partial charge in [0.05, 0.1) is 10.0 Å². The Morgan fingerprint density at radius 1 is 0.947 bits per heavy atom. The summed E-state index contributed by atoms with van der Waals surface area (Å²) in [6.45, 7) is 0.698. The maximum atomic E-state index is 6.02. The van der Waals surface area contributed by atoms with Gasteiger partial charge in [-0.15, -0.1) is 11.6 Å². The molecule has 2 rings (SSSR count). The fraction of sp³-hybridized carbons (Fsp3) is 0.200. The first-order valence-electron chi connectivity index (χ1n) is 5.99. The van der Waals surface area contributed by atoms with Gasteiger partial charge in [-0.05, 0) is 23.3 Å². The Morgan fingerprint density at radius 3 is 2.32 bits per heavy atom. The van der Waals surface area contributed by atoms with Crippen molar-refractivity contribution in [2.75, 3.05) is 5.88 Å². The van der Waals surface area contributed by atoms with Crippen LogP contribution in [0.1, 0.15) is 17.2 Å². The first kappa shape index (κ1) is 14.7. The van der Waals surface area contributed by atoms with Crippen LogP contribution in [0, 0.1) is 0 Å². The number of hydrogen-bond acceptors (Lipinski definition) is 1. The largest absolute Gasteiger partial charge is 0.305 e. The van der Waals surface area contributed by atoms with Gasteiger partial charge in [-0.25, -0.2) is 0 Å². The van der Waals surface area contributed by atoms with E-state index < -0.39 is 0 Å².